The Kier molecular flexibility index (Phi) is 3.63. The van der Waals surface area contributed by atoms with E-state index in [2.05, 4.69) is 10.1 Å². The first kappa shape index (κ1) is 13.4. The maximum Gasteiger partial charge on any atom is 0.240 e. The van der Waals surface area contributed by atoms with E-state index in [1.165, 1.54) is 12.0 Å². The van der Waals surface area contributed by atoms with Crippen LogP contribution in [-0.2, 0) is 19.4 Å². The lowest BCUT2D eigenvalue weighted by Gasteiger charge is -2.13. The number of nitrogens with zero attached hydrogens (tertiary/aromatic N) is 2. The molecular weight excluding hydrogens is 278 g/mol. The molecule has 1 heterocycles. The molecular formula is C14H16ClN3O2. The van der Waals surface area contributed by atoms with Crippen LogP contribution in [0.25, 0.3) is 11.4 Å². The van der Waals surface area contributed by atoms with Crippen LogP contribution in [-0.4, -0.2) is 15.2 Å². The summed E-state index contributed by atoms with van der Waals surface area (Å²) < 4.78 is 5.05. The summed E-state index contributed by atoms with van der Waals surface area (Å²) in [5.41, 5.74) is 8.33. The molecule has 5 nitrogen and oxygen atoms in total. The maximum absolute atomic E-state index is 10.3. The highest BCUT2D eigenvalue weighted by Gasteiger charge is 2.23. The Morgan fingerprint density at radius 3 is 2.85 bits per heavy atom. The van der Waals surface area contributed by atoms with Gasteiger partial charge in [0.05, 0.1) is 17.1 Å². The minimum Gasteiger partial charge on any atom is -0.506 e. The van der Waals surface area contributed by atoms with E-state index in [1.54, 1.807) is 0 Å². The Morgan fingerprint density at radius 1 is 1.30 bits per heavy atom. The fraction of sp³-hybridized carbons (Fsp3) is 0.429. The Labute approximate surface area is 121 Å². The third-order valence-corrected chi connectivity index (χ3v) is 3.98. The van der Waals surface area contributed by atoms with Crippen molar-refractivity contribution in [2.45, 2.75) is 38.6 Å². The lowest BCUT2D eigenvalue weighted by Crippen LogP contribution is -1.99. The maximum atomic E-state index is 10.3. The van der Waals surface area contributed by atoms with Gasteiger partial charge in [-0.05, 0) is 42.9 Å². The van der Waals surface area contributed by atoms with Crippen molar-refractivity contribution in [2.24, 2.45) is 5.73 Å². The molecule has 2 aromatic rings. The van der Waals surface area contributed by atoms with Crippen LogP contribution in [0.2, 0.25) is 5.02 Å². The minimum atomic E-state index is 0.0247. The summed E-state index contributed by atoms with van der Waals surface area (Å²) in [5, 5.41) is 14.5. The monoisotopic (exact) mass is 293 g/mol. The molecule has 6 heteroatoms. The van der Waals surface area contributed by atoms with Crippen molar-refractivity contribution in [3.63, 3.8) is 0 Å². The van der Waals surface area contributed by atoms with Gasteiger partial charge in [-0.3, -0.25) is 0 Å². The van der Waals surface area contributed by atoms with Crippen LogP contribution in [0.3, 0.4) is 0 Å². The third-order valence-electron chi connectivity index (χ3n) is 3.69. The van der Waals surface area contributed by atoms with E-state index in [4.69, 9.17) is 21.9 Å². The molecule has 0 saturated carbocycles. The molecule has 0 amide bonds. The zero-order valence-corrected chi connectivity index (χ0v) is 11.8. The second-order valence-electron chi connectivity index (χ2n) is 5.00. The van der Waals surface area contributed by atoms with Crippen LogP contribution in [0.5, 0.6) is 5.75 Å². The Morgan fingerprint density at radius 2 is 2.10 bits per heavy atom. The smallest absolute Gasteiger partial charge is 0.240 e. The summed E-state index contributed by atoms with van der Waals surface area (Å²) in [6, 6.07) is 1.85. The molecule has 1 aromatic carbocycles. The van der Waals surface area contributed by atoms with E-state index in [9.17, 15) is 5.11 Å². The number of phenolic OH excluding ortho intramolecular Hbond substituents is 1. The van der Waals surface area contributed by atoms with Crippen molar-refractivity contribution in [2.75, 3.05) is 0 Å². The number of hydrogen-bond donors (Lipinski definition) is 2. The topological polar surface area (TPSA) is 85.2 Å². The largest absolute Gasteiger partial charge is 0.506 e. The molecule has 20 heavy (non-hydrogen) atoms. The van der Waals surface area contributed by atoms with Gasteiger partial charge < -0.3 is 15.4 Å². The van der Waals surface area contributed by atoms with Gasteiger partial charge >= 0.3 is 0 Å². The molecule has 0 atom stereocenters. The molecule has 0 radical (unpaired) electrons. The number of halogens is 1. The Hall–Kier alpha value is -1.59. The summed E-state index contributed by atoms with van der Waals surface area (Å²) in [7, 11) is 0. The Bertz CT molecular complexity index is 640. The zero-order chi connectivity index (χ0) is 14.1. The normalized spacial score (nSPS) is 14.9. The second kappa shape index (κ2) is 5.42. The number of phenols is 1. The van der Waals surface area contributed by atoms with Crippen molar-refractivity contribution < 1.29 is 9.63 Å². The van der Waals surface area contributed by atoms with Gasteiger partial charge in [-0.2, -0.15) is 4.98 Å². The van der Waals surface area contributed by atoms with Crippen LogP contribution in [0.4, 0.5) is 0 Å². The molecule has 106 valence electrons. The quantitative estimate of drug-likeness (QED) is 0.832. The van der Waals surface area contributed by atoms with Crippen LogP contribution >= 0.6 is 11.6 Å². The molecule has 0 saturated heterocycles. The van der Waals surface area contributed by atoms with Crippen LogP contribution in [0.15, 0.2) is 10.6 Å². The number of aryl methyl sites for hydroxylation is 1. The summed E-state index contributed by atoms with van der Waals surface area (Å²) in [5.74, 6) is 0.738. The van der Waals surface area contributed by atoms with E-state index >= 15 is 0 Å². The highest BCUT2D eigenvalue weighted by atomic mass is 35.5. The van der Waals surface area contributed by atoms with Crippen LogP contribution < -0.4 is 5.73 Å². The highest BCUT2D eigenvalue weighted by Crippen LogP contribution is 2.41. The molecule has 1 aliphatic rings. The lowest BCUT2D eigenvalue weighted by molar-refractivity contribution is 0.380. The second-order valence-corrected chi connectivity index (χ2v) is 5.40. The van der Waals surface area contributed by atoms with Crippen molar-refractivity contribution >= 4 is 11.6 Å². The van der Waals surface area contributed by atoms with Gasteiger partial charge in [0.2, 0.25) is 11.7 Å². The van der Waals surface area contributed by atoms with E-state index < -0.39 is 0 Å². The lowest BCUT2D eigenvalue weighted by atomic mass is 9.95. The highest BCUT2D eigenvalue weighted by molar-refractivity contribution is 6.32. The van der Waals surface area contributed by atoms with Gasteiger partial charge in [0.15, 0.2) is 0 Å². The number of hydrogen-bond acceptors (Lipinski definition) is 5. The van der Waals surface area contributed by atoms with Crippen molar-refractivity contribution in [3.8, 4) is 17.1 Å². The molecule has 0 fully saturated rings. The average molecular weight is 294 g/mol. The third kappa shape index (κ3) is 2.27. The molecule has 3 N–H and O–H groups in total. The molecule has 0 bridgehead atoms. The van der Waals surface area contributed by atoms with Gasteiger partial charge in [0.25, 0.3) is 0 Å². The molecule has 1 aliphatic carbocycles. The fourth-order valence-corrected chi connectivity index (χ4v) is 2.94. The standard InChI is InChI=1S/C14H16ClN3O2/c15-10-6-8-4-2-1-3-5-9(8)12(13(10)19)14-17-11(7-16)20-18-14/h6,19H,1-5,7,16H2. The fourth-order valence-electron chi connectivity index (χ4n) is 2.71. The Balaban J connectivity index is 2.19. The van der Waals surface area contributed by atoms with Gasteiger partial charge in [-0.1, -0.05) is 23.2 Å². The van der Waals surface area contributed by atoms with Crippen molar-refractivity contribution in [3.05, 3.63) is 28.1 Å². The summed E-state index contributed by atoms with van der Waals surface area (Å²) >= 11 is 6.13. The van der Waals surface area contributed by atoms with Crippen molar-refractivity contribution in [1.82, 2.24) is 10.1 Å². The zero-order valence-electron chi connectivity index (χ0n) is 11.0. The van der Waals surface area contributed by atoms with Gasteiger partial charge in [-0.25, -0.2) is 0 Å². The van der Waals surface area contributed by atoms with Gasteiger partial charge in [0.1, 0.15) is 5.75 Å². The van der Waals surface area contributed by atoms with E-state index in [0.717, 1.165) is 31.2 Å². The first-order valence-electron chi connectivity index (χ1n) is 6.77. The van der Waals surface area contributed by atoms with Gasteiger partial charge in [0, 0.05) is 0 Å². The van der Waals surface area contributed by atoms with Crippen molar-refractivity contribution in [1.29, 1.82) is 0 Å². The predicted octanol–water partition coefficient (Wildman–Crippen LogP) is 2.82. The predicted molar refractivity (Wildman–Crippen MR) is 75.6 cm³/mol. The molecule has 3 rings (SSSR count). The average Bonchev–Trinajstić information content (AvgIpc) is 2.80. The van der Waals surface area contributed by atoms with E-state index in [0.29, 0.717) is 22.3 Å². The number of rotatable bonds is 2. The molecule has 0 spiro atoms. The molecule has 1 aromatic heterocycles. The number of nitrogens with two attached hydrogens (primary N) is 1. The van der Waals surface area contributed by atoms with Crippen LogP contribution in [0, 0.1) is 0 Å². The number of aromatic nitrogens is 2. The number of benzene rings is 1. The molecule has 0 aliphatic heterocycles. The SMILES string of the molecule is NCc1nc(-c2c(O)c(Cl)cc3c2CCCCC3)no1. The van der Waals surface area contributed by atoms with E-state index in [-0.39, 0.29) is 12.3 Å². The number of fused-ring (bicyclic) bond motifs is 1. The van der Waals surface area contributed by atoms with Gasteiger partial charge in [-0.15, -0.1) is 0 Å². The van der Waals surface area contributed by atoms with E-state index in [1.807, 2.05) is 6.07 Å². The summed E-state index contributed by atoms with van der Waals surface area (Å²) in [6.45, 7) is 0.177. The number of aromatic hydroxyl groups is 1. The summed E-state index contributed by atoms with van der Waals surface area (Å²) in [6.07, 6.45) is 5.25. The van der Waals surface area contributed by atoms with Crippen LogP contribution in [0.1, 0.15) is 36.3 Å². The molecule has 0 unspecified atom stereocenters. The first-order valence-corrected chi connectivity index (χ1v) is 7.14. The summed E-state index contributed by atoms with van der Waals surface area (Å²) in [4.78, 5) is 4.22. The minimum absolute atomic E-state index is 0.0247. The first-order chi connectivity index (χ1) is 9.70.